The van der Waals surface area contributed by atoms with Gasteiger partial charge in [-0.1, -0.05) is 30.3 Å². The summed E-state index contributed by atoms with van der Waals surface area (Å²) in [4.78, 5) is 33.5. The van der Waals surface area contributed by atoms with Crippen LogP contribution in [0, 0.1) is 0 Å². The van der Waals surface area contributed by atoms with E-state index in [9.17, 15) is 22.8 Å². The normalized spacial score (nSPS) is 14.8. The molecule has 33 heavy (non-hydrogen) atoms. The molecule has 1 fully saturated rings. The van der Waals surface area contributed by atoms with Crippen molar-refractivity contribution in [2.75, 3.05) is 31.1 Å². The van der Waals surface area contributed by atoms with Crippen molar-refractivity contribution in [2.24, 2.45) is 0 Å². The molecule has 3 aromatic rings. The van der Waals surface area contributed by atoms with Crippen molar-refractivity contribution in [2.45, 2.75) is 19.1 Å². The number of pyridine rings is 2. The van der Waals surface area contributed by atoms with E-state index >= 15 is 0 Å². The molecule has 3 heterocycles. The number of halogens is 3. The highest BCUT2D eigenvalue weighted by Gasteiger charge is 2.31. The molecule has 172 valence electrons. The van der Waals surface area contributed by atoms with Gasteiger partial charge in [-0.2, -0.15) is 13.2 Å². The summed E-state index contributed by atoms with van der Waals surface area (Å²) in [7, 11) is 0. The van der Waals surface area contributed by atoms with E-state index in [0.717, 1.165) is 17.8 Å². The number of amides is 1. The Balaban J connectivity index is 1.46. The minimum Gasteiger partial charge on any atom is -0.355 e. The van der Waals surface area contributed by atoms with E-state index in [4.69, 9.17) is 0 Å². The molecule has 1 amide bonds. The highest BCUT2D eigenvalue weighted by molar-refractivity contribution is 5.93. The minimum atomic E-state index is -4.43. The first-order valence-corrected chi connectivity index (χ1v) is 10.6. The Morgan fingerprint density at radius 2 is 1.73 bits per heavy atom. The molecule has 4 rings (SSSR count). The Bertz CT molecular complexity index is 1160. The van der Waals surface area contributed by atoms with Crippen LogP contribution in [0.2, 0.25) is 0 Å². The van der Waals surface area contributed by atoms with Crippen LogP contribution in [0.1, 0.15) is 27.9 Å². The highest BCUT2D eigenvalue weighted by atomic mass is 19.4. The van der Waals surface area contributed by atoms with E-state index in [2.05, 4.69) is 4.98 Å². The number of aromatic nitrogens is 2. The van der Waals surface area contributed by atoms with E-state index in [-0.39, 0.29) is 17.0 Å². The van der Waals surface area contributed by atoms with E-state index in [1.165, 1.54) is 16.7 Å². The summed E-state index contributed by atoms with van der Waals surface area (Å²) in [5, 5.41) is 0. The van der Waals surface area contributed by atoms with Crippen molar-refractivity contribution >= 4 is 11.7 Å². The zero-order valence-electron chi connectivity index (χ0n) is 17.8. The fourth-order valence-electron chi connectivity index (χ4n) is 3.87. The summed E-state index contributed by atoms with van der Waals surface area (Å²) >= 11 is 0. The standard InChI is InChI=1S/C24H23F3N4O2/c25-24(26,27)19-9-10-21(28-16-19)29-12-5-13-30(15-14-29)22(32)20-8-4-11-31(23(20)33)17-18-6-2-1-3-7-18/h1-4,6-11,16H,5,12-15,17H2. The van der Waals surface area contributed by atoms with Gasteiger partial charge in [0.25, 0.3) is 11.5 Å². The van der Waals surface area contributed by atoms with Crippen molar-refractivity contribution in [1.29, 1.82) is 0 Å². The number of hydrogen-bond acceptors (Lipinski definition) is 4. The molecular weight excluding hydrogens is 433 g/mol. The van der Waals surface area contributed by atoms with Gasteiger partial charge in [-0.15, -0.1) is 0 Å². The molecule has 1 aromatic carbocycles. The van der Waals surface area contributed by atoms with Gasteiger partial charge >= 0.3 is 6.18 Å². The molecule has 9 heteroatoms. The number of alkyl halides is 3. The summed E-state index contributed by atoms with van der Waals surface area (Å²) in [6.07, 6.45) is -1.34. The number of carbonyl (C=O) groups is 1. The van der Waals surface area contributed by atoms with Gasteiger partial charge in [0.05, 0.1) is 12.1 Å². The van der Waals surface area contributed by atoms with Crippen LogP contribution in [-0.4, -0.2) is 46.5 Å². The predicted octanol–water partition coefficient (Wildman–Crippen LogP) is 3.66. The molecule has 0 spiro atoms. The number of nitrogens with zero attached hydrogens (tertiary/aromatic N) is 4. The van der Waals surface area contributed by atoms with Crippen LogP contribution in [0.3, 0.4) is 0 Å². The van der Waals surface area contributed by atoms with Gasteiger partial charge in [-0.3, -0.25) is 9.59 Å². The van der Waals surface area contributed by atoms with E-state index in [0.29, 0.717) is 45.0 Å². The van der Waals surface area contributed by atoms with Crippen LogP contribution in [0.4, 0.5) is 19.0 Å². The summed E-state index contributed by atoms with van der Waals surface area (Å²) in [6, 6.07) is 15.1. The van der Waals surface area contributed by atoms with Gasteiger partial charge in [0, 0.05) is 38.6 Å². The molecule has 0 radical (unpaired) electrons. The second kappa shape index (κ2) is 9.48. The summed E-state index contributed by atoms with van der Waals surface area (Å²) < 4.78 is 39.9. The van der Waals surface area contributed by atoms with Crippen molar-refractivity contribution in [3.63, 3.8) is 0 Å². The second-order valence-electron chi connectivity index (χ2n) is 7.88. The lowest BCUT2D eigenvalue weighted by Crippen LogP contribution is -2.39. The Morgan fingerprint density at radius 1 is 0.939 bits per heavy atom. The molecule has 2 aromatic heterocycles. The molecular formula is C24H23F3N4O2. The van der Waals surface area contributed by atoms with Gasteiger partial charge in [0.15, 0.2) is 0 Å². The lowest BCUT2D eigenvalue weighted by atomic mass is 10.2. The van der Waals surface area contributed by atoms with Crippen LogP contribution in [-0.2, 0) is 12.7 Å². The zero-order valence-corrected chi connectivity index (χ0v) is 17.8. The summed E-state index contributed by atoms with van der Waals surface area (Å²) in [5.41, 5.74) is -0.0845. The summed E-state index contributed by atoms with van der Waals surface area (Å²) in [5.74, 6) is 0.0897. The van der Waals surface area contributed by atoms with E-state index < -0.39 is 11.7 Å². The smallest absolute Gasteiger partial charge is 0.355 e. The fourth-order valence-corrected chi connectivity index (χ4v) is 3.87. The van der Waals surface area contributed by atoms with Crippen molar-refractivity contribution < 1.29 is 18.0 Å². The first-order chi connectivity index (χ1) is 15.8. The second-order valence-corrected chi connectivity index (χ2v) is 7.88. The van der Waals surface area contributed by atoms with Gasteiger partial charge in [0.2, 0.25) is 0 Å². The highest BCUT2D eigenvalue weighted by Crippen LogP contribution is 2.29. The maximum Gasteiger partial charge on any atom is 0.417 e. The Hall–Kier alpha value is -3.62. The SMILES string of the molecule is O=C(c1cccn(Cc2ccccc2)c1=O)N1CCCN(c2ccc(C(F)(F)F)cn2)CC1. The number of anilines is 1. The van der Waals surface area contributed by atoms with Crippen LogP contribution in [0.25, 0.3) is 0 Å². The molecule has 0 bridgehead atoms. The average Bonchev–Trinajstić information content (AvgIpc) is 3.07. The molecule has 0 N–H and O–H groups in total. The fraction of sp³-hybridized carbons (Fsp3) is 0.292. The van der Waals surface area contributed by atoms with E-state index in [1.54, 1.807) is 17.2 Å². The van der Waals surface area contributed by atoms with Crippen molar-refractivity contribution in [1.82, 2.24) is 14.5 Å². The molecule has 6 nitrogen and oxygen atoms in total. The third kappa shape index (κ3) is 5.24. The predicted molar refractivity (Wildman–Crippen MR) is 118 cm³/mol. The van der Waals surface area contributed by atoms with Gasteiger partial charge in [0.1, 0.15) is 11.4 Å². The quantitative estimate of drug-likeness (QED) is 0.601. The maximum atomic E-state index is 13.1. The molecule has 1 aliphatic heterocycles. The molecule has 0 aliphatic carbocycles. The van der Waals surface area contributed by atoms with E-state index in [1.807, 2.05) is 35.2 Å². The Labute approximate surface area is 188 Å². The molecule has 0 atom stereocenters. The number of carbonyl (C=O) groups excluding carboxylic acids is 1. The van der Waals surface area contributed by atoms with Crippen LogP contribution in [0.5, 0.6) is 0 Å². The lowest BCUT2D eigenvalue weighted by Gasteiger charge is -2.23. The first-order valence-electron chi connectivity index (χ1n) is 10.6. The largest absolute Gasteiger partial charge is 0.417 e. The first kappa shape index (κ1) is 22.6. The monoisotopic (exact) mass is 456 g/mol. The average molecular weight is 456 g/mol. The van der Waals surface area contributed by atoms with Crippen molar-refractivity contribution in [3.8, 4) is 0 Å². The maximum absolute atomic E-state index is 13.1. The van der Waals surface area contributed by atoms with Gasteiger partial charge < -0.3 is 14.4 Å². The summed E-state index contributed by atoms with van der Waals surface area (Å²) in [6.45, 7) is 2.12. The number of hydrogen-bond donors (Lipinski definition) is 0. The van der Waals surface area contributed by atoms with Gasteiger partial charge in [-0.05, 0) is 36.2 Å². The Morgan fingerprint density at radius 3 is 2.42 bits per heavy atom. The molecule has 0 unspecified atom stereocenters. The molecule has 0 saturated carbocycles. The van der Waals surface area contributed by atoms with Crippen LogP contribution in [0.15, 0.2) is 71.8 Å². The zero-order chi connectivity index (χ0) is 23.4. The number of rotatable bonds is 4. The van der Waals surface area contributed by atoms with Crippen molar-refractivity contribution in [3.05, 3.63) is 94.0 Å². The van der Waals surface area contributed by atoms with Crippen LogP contribution < -0.4 is 10.5 Å². The third-order valence-electron chi connectivity index (χ3n) is 5.63. The molecule has 1 saturated heterocycles. The van der Waals surface area contributed by atoms with Crippen LogP contribution >= 0.6 is 0 Å². The lowest BCUT2D eigenvalue weighted by molar-refractivity contribution is -0.137. The topological polar surface area (TPSA) is 58.4 Å². The van der Waals surface area contributed by atoms with Gasteiger partial charge in [-0.25, -0.2) is 4.98 Å². The third-order valence-corrected chi connectivity index (χ3v) is 5.63. The Kier molecular flexibility index (Phi) is 6.48. The minimum absolute atomic E-state index is 0.106. The number of benzene rings is 1. The molecule has 1 aliphatic rings.